The van der Waals surface area contributed by atoms with Crippen LogP contribution >= 0.6 is 0 Å². The molecule has 0 aromatic carbocycles. The van der Waals surface area contributed by atoms with Gasteiger partial charge in [-0.2, -0.15) is 0 Å². The minimum Gasteiger partial charge on any atom is -0.378 e. The van der Waals surface area contributed by atoms with E-state index in [1.165, 1.54) is 38.5 Å². The molecule has 2 N–H and O–H groups in total. The Morgan fingerprint density at radius 3 is 2.47 bits per heavy atom. The van der Waals surface area contributed by atoms with E-state index in [0.717, 1.165) is 12.5 Å². The van der Waals surface area contributed by atoms with E-state index in [1.54, 1.807) is 0 Å². The average Bonchev–Trinajstić information content (AvgIpc) is 2.12. The van der Waals surface area contributed by atoms with Crippen molar-refractivity contribution in [1.29, 1.82) is 0 Å². The van der Waals surface area contributed by atoms with Crippen molar-refractivity contribution < 1.29 is 4.74 Å². The van der Waals surface area contributed by atoms with Gasteiger partial charge in [0.25, 0.3) is 0 Å². The van der Waals surface area contributed by atoms with Crippen molar-refractivity contribution in [3.05, 3.63) is 0 Å². The Bertz CT molecular complexity index is 203. The largest absolute Gasteiger partial charge is 0.378 e. The lowest BCUT2D eigenvalue weighted by atomic mass is 9.77. The first-order valence-corrected chi connectivity index (χ1v) is 7.28. The van der Waals surface area contributed by atoms with Crippen LogP contribution in [0.4, 0.5) is 0 Å². The molecule has 0 amide bonds. The van der Waals surface area contributed by atoms with E-state index in [4.69, 9.17) is 10.5 Å². The van der Waals surface area contributed by atoms with E-state index >= 15 is 0 Å². The van der Waals surface area contributed by atoms with Crippen molar-refractivity contribution in [3.63, 3.8) is 0 Å². The molecule has 1 saturated carbocycles. The average molecular weight is 241 g/mol. The lowest BCUT2D eigenvalue weighted by Gasteiger charge is -2.36. The molecule has 2 heteroatoms. The number of hydrogen-bond donors (Lipinski definition) is 1. The summed E-state index contributed by atoms with van der Waals surface area (Å²) in [6.45, 7) is 9.84. The summed E-state index contributed by atoms with van der Waals surface area (Å²) in [5.41, 5.74) is 6.65. The molecule has 0 radical (unpaired) electrons. The minimum atomic E-state index is 0.407. The number of rotatable bonds is 7. The molecule has 0 aromatic heterocycles. The lowest BCUT2D eigenvalue weighted by Crippen LogP contribution is -2.35. The maximum Gasteiger partial charge on any atom is 0.0580 e. The molecule has 0 aromatic rings. The maximum atomic E-state index is 6.19. The Hall–Kier alpha value is -0.0800. The number of nitrogens with two attached hydrogens (primary N) is 1. The van der Waals surface area contributed by atoms with Gasteiger partial charge in [0.1, 0.15) is 0 Å². The highest BCUT2D eigenvalue weighted by Crippen LogP contribution is 2.34. The molecule has 1 atom stereocenters. The summed E-state index contributed by atoms with van der Waals surface area (Å²) in [6.07, 6.45) is 7.95. The van der Waals surface area contributed by atoms with Crippen LogP contribution in [0.5, 0.6) is 0 Å². The highest BCUT2D eigenvalue weighted by molar-refractivity contribution is 4.83. The quantitative estimate of drug-likeness (QED) is 0.737. The first-order valence-electron chi connectivity index (χ1n) is 7.28. The second-order valence-corrected chi connectivity index (χ2v) is 6.86. The van der Waals surface area contributed by atoms with Crippen LogP contribution in [-0.4, -0.2) is 18.8 Å². The van der Waals surface area contributed by atoms with Gasteiger partial charge < -0.3 is 10.5 Å². The maximum absolute atomic E-state index is 6.19. The van der Waals surface area contributed by atoms with E-state index in [-0.39, 0.29) is 0 Å². The van der Waals surface area contributed by atoms with Crippen LogP contribution < -0.4 is 5.73 Å². The molecule has 0 spiro atoms. The normalized spacial score (nSPS) is 26.6. The Labute approximate surface area is 107 Å². The van der Waals surface area contributed by atoms with Gasteiger partial charge in [-0.05, 0) is 50.4 Å². The fraction of sp³-hybridized carbons (Fsp3) is 1.00. The highest BCUT2D eigenvalue weighted by Gasteiger charge is 2.30. The fourth-order valence-electron chi connectivity index (χ4n) is 2.68. The third-order valence-corrected chi connectivity index (χ3v) is 3.73. The Morgan fingerprint density at radius 2 is 1.94 bits per heavy atom. The summed E-state index contributed by atoms with van der Waals surface area (Å²) < 4.78 is 5.57. The second-order valence-electron chi connectivity index (χ2n) is 6.86. The zero-order valence-electron chi connectivity index (χ0n) is 12.2. The van der Waals surface area contributed by atoms with Gasteiger partial charge in [0.2, 0.25) is 0 Å². The SMILES string of the molecule is CCOC1CC(CC(N)CCCC(C)(C)C)C1. The van der Waals surface area contributed by atoms with Crippen molar-refractivity contribution in [1.82, 2.24) is 0 Å². The Balaban J connectivity index is 2.01. The van der Waals surface area contributed by atoms with Gasteiger partial charge in [-0.25, -0.2) is 0 Å². The van der Waals surface area contributed by atoms with Crippen LogP contribution in [0, 0.1) is 11.3 Å². The summed E-state index contributed by atoms with van der Waals surface area (Å²) in [4.78, 5) is 0. The monoisotopic (exact) mass is 241 g/mol. The van der Waals surface area contributed by atoms with Crippen LogP contribution in [0.15, 0.2) is 0 Å². The molecule has 0 aliphatic heterocycles. The van der Waals surface area contributed by atoms with E-state index in [9.17, 15) is 0 Å². The van der Waals surface area contributed by atoms with Crippen molar-refractivity contribution >= 4 is 0 Å². The van der Waals surface area contributed by atoms with Crippen molar-refractivity contribution in [2.75, 3.05) is 6.61 Å². The Morgan fingerprint density at radius 1 is 1.29 bits per heavy atom. The van der Waals surface area contributed by atoms with Crippen LogP contribution in [-0.2, 0) is 4.74 Å². The molecule has 1 aliphatic rings. The smallest absolute Gasteiger partial charge is 0.0580 e. The van der Waals surface area contributed by atoms with Gasteiger partial charge in [-0.1, -0.05) is 27.2 Å². The molecule has 1 fully saturated rings. The number of hydrogen-bond acceptors (Lipinski definition) is 2. The van der Waals surface area contributed by atoms with Crippen LogP contribution in [0.3, 0.4) is 0 Å². The van der Waals surface area contributed by atoms with Gasteiger partial charge in [0.15, 0.2) is 0 Å². The van der Waals surface area contributed by atoms with E-state index in [0.29, 0.717) is 17.6 Å². The highest BCUT2D eigenvalue weighted by atomic mass is 16.5. The summed E-state index contributed by atoms with van der Waals surface area (Å²) in [5, 5.41) is 0. The fourth-order valence-corrected chi connectivity index (χ4v) is 2.68. The summed E-state index contributed by atoms with van der Waals surface area (Å²) in [7, 11) is 0. The molecule has 1 aliphatic carbocycles. The lowest BCUT2D eigenvalue weighted by molar-refractivity contribution is -0.0283. The minimum absolute atomic E-state index is 0.407. The van der Waals surface area contributed by atoms with Gasteiger partial charge in [-0.15, -0.1) is 0 Å². The molecule has 0 bridgehead atoms. The van der Waals surface area contributed by atoms with E-state index in [1.807, 2.05) is 0 Å². The molecular weight excluding hydrogens is 210 g/mol. The van der Waals surface area contributed by atoms with Crippen molar-refractivity contribution in [3.8, 4) is 0 Å². The summed E-state index contributed by atoms with van der Waals surface area (Å²) in [6, 6.07) is 0.407. The summed E-state index contributed by atoms with van der Waals surface area (Å²) >= 11 is 0. The van der Waals surface area contributed by atoms with Crippen LogP contribution in [0.2, 0.25) is 0 Å². The zero-order valence-corrected chi connectivity index (χ0v) is 12.2. The van der Waals surface area contributed by atoms with E-state index in [2.05, 4.69) is 27.7 Å². The first-order chi connectivity index (χ1) is 7.90. The zero-order chi connectivity index (χ0) is 12.9. The Kier molecular flexibility index (Phi) is 5.94. The molecule has 17 heavy (non-hydrogen) atoms. The molecule has 2 nitrogen and oxygen atoms in total. The first kappa shape index (κ1) is 15.0. The van der Waals surface area contributed by atoms with Crippen molar-refractivity contribution in [2.45, 2.75) is 78.4 Å². The molecule has 1 unspecified atom stereocenters. The second kappa shape index (κ2) is 6.75. The standard InChI is InChI=1S/C15H31NO/c1-5-17-14-10-12(11-14)9-13(16)7-6-8-15(2,3)4/h12-14H,5-11,16H2,1-4H3. The van der Waals surface area contributed by atoms with Crippen molar-refractivity contribution in [2.24, 2.45) is 17.1 Å². The van der Waals surface area contributed by atoms with Gasteiger partial charge in [-0.3, -0.25) is 0 Å². The molecule has 0 heterocycles. The van der Waals surface area contributed by atoms with Gasteiger partial charge >= 0.3 is 0 Å². The third-order valence-electron chi connectivity index (χ3n) is 3.73. The molecule has 102 valence electrons. The van der Waals surface area contributed by atoms with Crippen LogP contribution in [0.1, 0.15) is 66.2 Å². The van der Waals surface area contributed by atoms with E-state index < -0.39 is 0 Å². The molecule has 0 saturated heterocycles. The van der Waals surface area contributed by atoms with Gasteiger partial charge in [0, 0.05) is 12.6 Å². The number of ether oxygens (including phenoxy) is 1. The third kappa shape index (κ3) is 6.42. The van der Waals surface area contributed by atoms with Crippen LogP contribution in [0.25, 0.3) is 0 Å². The van der Waals surface area contributed by atoms with Gasteiger partial charge in [0.05, 0.1) is 6.10 Å². The predicted molar refractivity (Wildman–Crippen MR) is 74.0 cm³/mol. The molecular formula is C15H31NO. The topological polar surface area (TPSA) is 35.2 Å². The molecule has 1 rings (SSSR count). The summed E-state index contributed by atoms with van der Waals surface area (Å²) in [5.74, 6) is 0.830. The predicted octanol–water partition coefficient (Wildman–Crippen LogP) is 3.74.